The largest absolute Gasteiger partial charge is 0.366 e. The van der Waals surface area contributed by atoms with Crippen molar-refractivity contribution in [3.05, 3.63) is 59.9 Å². The Morgan fingerprint density at radius 3 is 2.72 bits per heavy atom. The molecule has 1 aromatic carbocycles. The summed E-state index contributed by atoms with van der Waals surface area (Å²) in [6, 6.07) is 11.9. The first kappa shape index (κ1) is 11.9. The standard InChI is InChI=1S/C14H13N3O/c15-8-12-6-7-17(10-13(12)14(16)18)9-11-4-2-1-3-5-11/h1-7,10,12H,9H2,(H2,16,18)/t12-/m0/s1. The second kappa shape index (κ2) is 5.19. The third-order valence-corrected chi connectivity index (χ3v) is 2.74. The van der Waals surface area contributed by atoms with Crippen molar-refractivity contribution in [3.8, 4) is 6.07 Å². The van der Waals surface area contributed by atoms with E-state index in [9.17, 15) is 4.79 Å². The molecule has 1 aliphatic rings. The Balaban J connectivity index is 2.17. The molecule has 0 fully saturated rings. The quantitative estimate of drug-likeness (QED) is 0.869. The third kappa shape index (κ3) is 2.58. The van der Waals surface area contributed by atoms with Crippen LogP contribution in [0.15, 0.2) is 54.4 Å². The van der Waals surface area contributed by atoms with Crippen LogP contribution in [0.3, 0.4) is 0 Å². The number of carbonyl (C=O) groups is 1. The number of nitriles is 1. The summed E-state index contributed by atoms with van der Waals surface area (Å²) in [5.41, 5.74) is 6.72. The maximum Gasteiger partial charge on any atom is 0.247 e. The van der Waals surface area contributed by atoms with Gasteiger partial charge < -0.3 is 10.6 Å². The molecule has 0 aromatic heterocycles. The van der Waals surface area contributed by atoms with Gasteiger partial charge in [-0.1, -0.05) is 30.3 Å². The Hall–Kier alpha value is -2.54. The van der Waals surface area contributed by atoms with Gasteiger partial charge in [0, 0.05) is 18.9 Å². The molecule has 0 saturated heterocycles. The van der Waals surface area contributed by atoms with Crippen molar-refractivity contribution >= 4 is 5.91 Å². The van der Waals surface area contributed by atoms with Crippen LogP contribution in [-0.2, 0) is 11.3 Å². The topological polar surface area (TPSA) is 70.1 Å². The predicted octanol–water partition coefficient (Wildman–Crippen LogP) is 1.52. The van der Waals surface area contributed by atoms with E-state index in [4.69, 9.17) is 11.0 Å². The monoisotopic (exact) mass is 239 g/mol. The fourth-order valence-electron chi connectivity index (χ4n) is 1.82. The number of rotatable bonds is 3. The average molecular weight is 239 g/mol. The number of nitrogens with two attached hydrogens (primary N) is 1. The molecular weight excluding hydrogens is 226 g/mol. The van der Waals surface area contributed by atoms with Crippen LogP contribution in [0, 0.1) is 17.2 Å². The van der Waals surface area contributed by atoms with Gasteiger partial charge >= 0.3 is 0 Å². The number of primary amides is 1. The van der Waals surface area contributed by atoms with E-state index >= 15 is 0 Å². The second-order valence-corrected chi connectivity index (χ2v) is 4.05. The van der Waals surface area contributed by atoms with E-state index in [0.29, 0.717) is 12.1 Å². The van der Waals surface area contributed by atoms with E-state index in [1.807, 2.05) is 41.3 Å². The minimum atomic E-state index is -0.552. The highest BCUT2D eigenvalue weighted by Crippen LogP contribution is 2.20. The lowest BCUT2D eigenvalue weighted by atomic mass is 9.98. The summed E-state index contributed by atoms with van der Waals surface area (Å²) in [7, 11) is 0. The summed E-state index contributed by atoms with van der Waals surface area (Å²) in [5.74, 6) is -1.10. The Labute approximate surface area is 106 Å². The van der Waals surface area contributed by atoms with E-state index in [1.54, 1.807) is 18.5 Å². The summed E-state index contributed by atoms with van der Waals surface area (Å²) in [5, 5.41) is 8.92. The number of hydrogen-bond donors (Lipinski definition) is 1. The molecule has 0 saturated carbocycles. The zero-order chi connectivity index (χ0) is 13.0. The van der Waals surface area contributed by atoms with E-state index in [1.165, 1.54) is 0 Å². The molecule has 2 N–H and O–H groups in total. The normalized spacial score (nSPS) is 18.1. The van der Waals surface area contributed by atoms with Gasteiger partial charge in [-0.05, 0) is 11.6 Å². The molecule has 2 rings (SSSR count). The maximum atomic E-state index is 11.3. The summed E-state index contributed by atoms with van der Waals surface area (Å²) < 4.78 is 0. The van der Waals surface area contributed by atoms with Crippen molar-refractivity contribution in [2.45, 2.75) is 6.54 Å². The van der Waals surface area contributed by atoms with Gasteiger partial charge in [0.1, 0.15) is 0 Å². The zero-order valence-corrected chi connectivity index (χ0v) is 9.78. The lowest BCUT2D eigenvalue weighted by Crippen LogP contribution is -2.25. The predicted molar refractivity (Wildman–Crippen MR) is 67.5 cm³/mol. The molecule has 0 spiro atoms. The number of amides is 1. The molecule has 1 aliphatic heterocycles. The van der Waals surface area contributed by atoms with E-state index in [2.05, 4.69) is 0 Å². The molecule has 1 aromatic rings. The third-order valence-electron chi connectivity index (χ3n) is 2.74. The summed E-state index contributed by atoms with van der Waals surface area (Å²) >= 11 is 0. The molecule has 4 heteroatoms. The van der Waals surface area contributed by atoms with E-state index in [-0.39, 0.29) is 0 Å². The lowest BCUT2D eigenvalue weighted by molar-refractivity contribution is -0.114. The molecule has 0 bridgehead atoms. The fraction of sp³-hybridized carbons (Fsp3) is 0.143. The number of hydrogen-bond acceptors (Lipinski definition) is 3. The minimum absolute atomic E-state index is 0.330. The Morgan fingerprint density at radius 2 is 2.11 bits per heavy atom. The van der Waals surface area contributed by atoms with Crippen LogP contribution < -0.4 is 5.73 Å². The van der Waals surface area contributed by atoms with Gasteiger partial charge in [-0.2, -0.15) is 5.26 Å². The number of nitrogens with zero attached hydrogens (tertiary/aromatic N) is 2. The van der Waals surface area contributed by atoms with Crippen LogP contribution >= 0.6 is 0 Å². The first-order chi connectivity index (χ1) is 8.70. The van der Waals surface area contributed by atoms with E-state index in [0.717, 1.165) is 5.56 Å². The van der Waals surface area contributed by atoms with Gasteiger partial charge in [-0.25, -0.2) is 0 Å². The van der Waals surface area contributed by atoms with Gasteiger partial charge in [-0.15, -0.1) is 0 Å². The molecule has 0 radical (unpaired) electrons. The fourth-order valence-corrected chi connectivity index (χ4v) is 1.82. The zero-order valence-electron chi connectivity index (χ0n) is 9.78. The Kier molecular flexibility index (Phi) is 3.44. The van der Waals surface area contributed by atoms with Crippen molar-refractivity contribution in [1.82, 2.24) is 4.90 Å². The van der Waals surface area contributed by atoms with Gasteiger partial charge in [0.15, 0.2) is 0 Å². The summed E-state index contributed by atoms with van der Waals surface area (Å²) in [6.45, 7) is 0.645. The molecular formula is C14H13N3O. The summed E-state index contributed by atoms with van der Waals surface area (Å²) in [6.07, 6.45) is 5.12. The van der Waals surface area contributed by atoms with Crippen molar-refractivity contribution in [3.63, 3.8) is 0 Å². The van der Waals surface area contributed by atoms with Crippen molar-refractivity contribution in [2.75, 3.05) is 0 Å². The minimum Gasteiger partial charge on any atom is -0.366 e. The maximum absolute atomic E-state index is 11.3. The molecule has 90 valence electrons. The lowest BCUT2D eigenvalue weighted by Gasteiger charge is -2.22. The molecule has 1 heterocycles. The van der Waals surface area contributed by atoms with Crippen molar-refractivity contribution in [2.24, 2.45) is 11.7 Å². The highest BCUT2D eigenvalue weighted by atomic mass is 16.1. The number of carbonyl (C=O) groups excluding carboxylic acids is 1. The Bertz CT molecular complexity index is 540. The SMILES string of the molecule is N#C[C@@H]1C=CN(Cc2ccccc2)C=C1C(N)=O. The van der Waals surface area contributed by atoms with Crippen LogP contribution in [0.2, 0.25) is 0 Å². The average Bonchev–Trinajstić information content (AvgIpc) is 2.40. The van der Waals surface area contributed by atoms with Gasteiger partial charge in [-0.3, -0.25) is 4.79 Å². The molecule has 4 nitrogen and oxygen atoms in total. The molecule has 18 heavy (non-hydrogen) atoms. The second-order valence-electron chi connectivity index (χ2n) is 4.05. The van der Waals surface area contributed by atoms with E-state index < -0.39 is 11.8 Å². The first-order valence-electron chi connectivity index (χ1n) is 5.60. The van der Waals surface area contributed by atoms with Crippen LogP contribution in [0.4, 0.5) is 0 Å². The van der Waals surface area contributed by atoms with Crippen LogP contribution in [0.1, 0.15) is 5.56 Å². The van der Waals surface area contributed by atoms with Gasteiger partial charge in [0.2, 0.25) is 5.91 Å². The Morgan fingerprint density at radius 1 is 1.39 bits per heavy atom. The molecule has 0 unspecified atom stereocenters. The molecule has 1 atom stereocenters. The first-order valence-corrected chi connectivity index (χ1v) is 5.60. The van der Waals surface area contributed by atoms with Crippen LogP contribution in [0.25, 0.3) is 0 Å². The van der Waals surface area contributed by atoms with Crippen LogP contribution in [0.5, 0.6) is 0 Å². The highest BCUT2D eigenvalue weighted by molar-refractivity contribution is 5.93. The number of benzene rings is 1. The molecule has 0 aliphatic carbocycles. The van der Waals surface area contributed by atoms with Crippen LogP contribution in [-0.4, -0.2) is 10.8 Å². The summed E-state index contributed by atoms with van der Waals surface area (Å²) in [4.78, 5) is 13.1. The smallest absolute Gasteiger partial charge is 0.247 e. The van der Waals surface area contributed by atoms with Gasteiger partial charge in [0.25, 0.3) is 0 Å². The van der Waals surface area contributed by atoms with Gasteiger partial charge in [0.05, 0.1) is 17.6 Å². The van der Waals surface area contributed by atoms with Crippen molar-refractivity contribution < 1.29 is 4.79 Å². The highest BCUT2D eigenvalue weighted by Gasteiger charge is 2.20. The molecule has 1 amide bonds. The number of allylic oxidation sites excluding steroid dienone is 1. The van der Waals surface area contributed by atoms with Crippen molar-refractivity contribution in [1.29, 1.82) is 5.26 Å².